The van der Waals surface area contributed by atoms with Gasteiger partial charge in [0.2, 0.25) is 5.91 Å². The van der Waals surface area contributed by atoms with E-state index in [1.807, 2.05) is 78.4 Å². The Morgan fingerprint density at radius 2 is 1.69 bits per heavy atom. The predicted molar refractivity (Wildman–Crippen MR) is 140 cm³/mol. The fourth-order valence-electron chi connectivity index (χ4n) is 6.54. The maximum Gasteiger partial charge on any atom is 0.258 e. The minimum atomic E-state index is -0.410. The predicted octanol–water partition coefficient (Wildman–Crippen LogP) is 2.90. The van der Waals surface area contributed by atoms with Gasteiger partial charge in [0.1, 0.15) is 0 Å². The van der Waals surface area contributed by atoms with Crippen molar-refractivity contribution in [2.75, 3.05) is 13.7 Å². The third-order valence-electron chi connectivity index (χ3n) is 8.33. The zero-order valence-electron chi connectivity index (χ0n) is 20.4. The van der Waals surface area contributed by atoms with Crippen LogP contribution in [0.15, 0.2) is 71.5 Å². The number of hydrogen-bond acceptors (Lipinski definition) is 4. The molecule has 184 valence electrons. The number of rotatable bonds is 5. The van der Waals surface area contributed by atoms with Crippen LogP contribution in [0.1, 0.15) is 34.0 Å². The first kappa shape index (κ1) is 23.0. The van der Waals surface area contributed by atoms with Gasteiger partial charge in [0.25, 0.3) is 5.56 Å². The highest BCUT2D eigenvalue weighted by molar-refractivity contribution is 5.81. The molecule has 1 aliphatic carbocycles. The Bertz CT molecular complexity index is 1350. The molecule has 0 radical (unpaired) electrons. The van der Waals surface area contributed by atoms with Gasteiger partial charge in [-0.2, -0.15) is 0 Å². The average Bonchev–Trinajstić information content (AvgIpc) is 3.37. The molecule has 0 spiro atoms. The number of hydrogen-bond donors (Lipinski definition) is 2. The number of aliphatic hydroxyl groups excluding tert-OH is 1. The average molecular weight is 482 g/mol. The molecular weight excluding hydrogens is 450 g/mol. The summed E-state index contributed by atoms with van der Waals surface area (Å²) >= 11 is 0. The normalized spacial score (nSPS) is 25.2. The maximum atomic E-state index is 13.7. The van der Waals surface area contributed by atoms with Crippen molar-refractivity contribution in [1.29, 1.82) is 0 Å². The Hall–Kier alpha value is -3.48. The van der Waals surface area contributed by atoms with Crippen LogP contribution in [0.3, 0.4) is 0 Å². The smallest absolute Gasteiger partial charge is 0.258 e. The molecule has 6 heteroatoms. The van der Waals surface area contributed by atoms with E-state index in [0.717, 1.165) is 24.1 Å². The summed E-state index contributed by atoms with van der Waals surface area (Å²) in [6, 6.07) is 21.8. The molecule has 3 aromatic rings. The fourth-order valence-corrected chi connectivity index (χ4v) is 6.54. The number of carbonyl (C=O) groups excluding carboxylic acids is 1. The van der Waals surface area contributed by atoms with Crippen LogP contribution in [0.25, 0.3) is 12.2 Å². The van der Waals surface area contributed by atoms with Crippen LogP contribution >= 0.6 is 0 Å². The standard InChI is InChI=1S/C30H31N3O3/c1-32-26-17-33-25(14-13-20(30(33)36)12-11-19-7-3-2-4-8-19)28(32)27(24(26)18-34)29(35)31-23-15-21-9-5-6-10-22(21)16-23/h2-14,23-24,26-28,34H,15-18H2,1H3,(H,31,35)/b12-11+/t24-,26-,27+,28+/m0/s1. The number of likely N-dealkylation sites (N-methyl/N-ethyl adjacent to an activating group) is 1. The Labute approximate surface area is 210 Å². The van der Waals surface area contributed by atoms with Gasteiger partial charge in [-0.1, -0.05) is 60.7 Å². The van der Waals surface area contributed by atoms with Crippen LogP contribution in [0.2, 0.25) is 0 Å². The first-order valence-electron chi connectivity index (χ1n) is 12.7. The summed E-state index contributed by atoms with van der Waals surface area (Å²) in [5, 5.41) is 13.6. The second kappa shape index (κ2) is 9.19. The van der Waals surface area contributed by atoms with Gasteiger partial charge in [0.05, 0.1) is 12.0 Å². The monoisotopic (exact) mass is 481 g/mol. The second-order valence-electron chi connectivity index (χ2n) is 10.3. The number of nitrogens with one attached hydrogen (secondary N) is 1. The number of amides is 1. The van der Waals surface area contributed by atoms with Crippen molar-refractivity contribution in [3.8, 4) is 0 Å². The molecule has 1 amide bonds. The lowest BCUT2D eigenvalue weighted by molar-refractivity contribution is -0.128. The highest BCUT2D eigenvalue weighted by Gasteiger charge is 2.54. The first-order chi connectivity index (χ1) is 17.5. The van der Waals surface area contributed by atoms with Gasteiger partial charge >= 0.3 is 0 Å². The van der Waals surface area contributed by atoms with E-state index >= 15 is 0 Å². The number of aromatic nitrogens is 1. The molecule has 2 N–H and O–H groups in total. The molecule has 6 nitrogen and oxygen atoms in total. The van der Waals surface area contributed by atoms with Crippen molar-refractivity contribution in [3.05, 3.63) is 105 Å². The van der Waals surface area contributed by atoms with Gasteiger partial charge in [0.15, 0.2) is 0 Å². The summed E-state index contributed by atoms with van der Waals surface area (Å²) in [7, 11) is 2.01. The number of nitrogens with zero attached hydrogens (tertiary/aromatic N) is 2. The van der Waals surface area contributed by atoms with Crippen molar-refractivity contribution in [2.24, 2.45) is 11.8 Å². The minimum absolute atomic E-state index is 0.0276. The molecule has 3 heterocycles. The molecule has 36 heavy (non-hydrogen) atoms. The third-order valence-corrected chi connectivity index (χ3v) is 8.33. The Balaban J connectivity index is 1.28. The van der Waals surface area contributed by atoms with E-state index in [2.05, 4.69) is 22.3 Å². The molecule has 1 saturated heterocycles. The number of benzene rings is 2. The summed E-state index contributed by atoms with van der Waals surface area (Å²) < 4.78 is 1.82. The van der Waals surface area contributed by atoms with Crippen LogP contribution in [-0.2, 0) is 24.2 Å². The molecular formula is C30H31N3O3. The maximum absolute atomic E-state index is 13.7. The lowest BCUT2D eigenvalue weighted by Gasteiger charge is -2.35. The van der Waals surface area contributed by atoms with Crippen LogP contribution < -0.4 is 10.9 Å². The SMILES string of the molecule is CN1[C@@H]2c3ccc(/C=C/c4ccccc4)c(=O)n3C[C@H]1[C@H](CO)[C@H]2C(=O)NC1Cc2ccccc2C1. The fraction of sp³-hybridized carbons (Fsp3) is 0.333. The zero-order chi connectivity index (χ0) is 24.8. The van der Waals surface area contributed by atoms with E-state index in [9.17, 15) is 14.7 Å². The van der Waals surface area contributed by atoms with Crippen LogP contribution in [0.5, 0.6) is 0 Å². The number of pyridine rings is 1. The van der Waals surface area contributed by atoms with Crippen LogP contribution in [0.4, 0.5) is 0 Å². The number of fused-ring (bicyclic) bond motifs is 5. The molecule has 3 aliphatic rings. The second-order valence-corrected chi connectivity index (χ2v) is 10.3. The molecule has 1 fully saturated rings. The van der Waals surface area contributed by atoms with E-state index in [-0.39, 0.29) is 42.1 Å². The first-order valence-corrected chi connectivity index (χ1v) is 12.7. The van der Waals surface area contributed by atoms with Crippen molar-refractivity contribution >= 4 is 18.1 Å². The molecule has 2 aromatic carbocycles. The van der Waals surface area contributed by atoms with Gasteiger partial charge in [0, 0.05) is 42.4 Å². The highest BCUT2D eigenvalue weighted by atomic mass is 16.3. The molecule has 6 rings (SSSR count). The zero-order valence-corrected chi connectivity index (χ0v) is 20.4. The van der Waals surface area contributed by atoms with E-state index in [1.54, 1.807) is 0 Å². The summed E-state index contributed by atoms with van der Waals surface area (Å²) in [4.78, 5) is 29.3. The lowest BCUT2D eigenvalue weighted by Crippen LogP contribution is -2.45. The van der Waals surface area contributed by atoms with Crippen molar-refractivity contribution in [2.45, 2.75) is 37.5 Å². The highest BCUT2D eigenvalue weighted by Crippen LogP contribution is 2.47. The summed E-state index contributed by atoms with van der Waals surface area (Å²) in [5.74, 6) is -0.667. The molecule has 1 aromatic heterocycles. The van der Waals surface area contributed by atoms with Gasteiger partial charge in [-0.05, 0) is 54.8 Å². The number of aliphatic hydroxyl groups is 1. The Morgan fingerprint density at radius 3 is 2.39 bits per heavy atom. The van der Waals surface area contributed by atoms with E-state index in [1.165, 1.54) is 11.1 Å². The Kier molecular flexibility index (Phi) is 5.86. The quantitative estimate of drug-likeness (QED) is 0.588. The van der Waals surface area contributed by atoms with Gasteiger partial charge < -0.3 is 15.0 Å². The van der Waals surface area contributed by atoms with Crippen molar-refractivity contribution < 1.29 is 9.90 Å². The van der Waals surface area contributed by atoms with E-state index < -0.39 is 5.92 Å². The van der Waals surface area contributed by atoms with Crippen LogP contribution in [0, 0.1) is 11.8 Å². The van der Waals surface area contributed by atoms with Crippen molar-refractivity contribution in [3.63, 3.8) is 0 Å². The largest absolute Gasteiger partial charge is 0.396 e. The van der Waals surface area contributed by atoms with Gasteiger partial charge in [-0.25, -0.2) is 0 Å². The van der Waals surface area contributed by atoms with Crippen LogP contribution in [-0.4, -0.2) is 46.2 Å². The summed E-state index contributed by atoms with van der Waals surface area (Å²) in [6.45, 7) is 0.385. The summed E-state index contributed by atoms with van der Waals surface area (Å²) in [6.07, 6.45) is 5.46. The van der Waals surface area contributed by atoms with Gasteiger partial charge in [-0.3, -0.25) is 14.5 Å². The molecule has 4 atom stereocenters. The number of carbonyl (C=O) groups is 1. The molecule has 0 saturated carbocycles. The molecule has 0 unspecified atom stereocenters. The van der Waals surface area contributed by atoms with E-state index in [4.69, 9.17) is 0 Å². The molecule has 2 bridgehead atoms. The van der Waals surface area contributed by atoms with E-state index in [0.29, 0.717) is 12.1 Å². The van der Waals surface area contributed by atoms with Crippen molar-refractivity contribution in [1.82, 2.24) is 14.8 Å². The lowest BCUT2D eigenvalue weighted by atomic mass is 9.86. The Morgan fingerprint density at radius 1 is 1.00 bits per heavy atom. The minimum Gasteiger partial charge on any atom is -0.396 e. The topological polar surface area (TPSA) is 74.6 Å². The third kappa shape index (κ3) is 3.81. The molecule has 2 aliphatic heterocycles. The van der Waals surface area contributed by atoms with Gasteiger partial charge in [-0.15, -0.1) is 0 Å². The summed E-state index contributed by atoms with van der Waals surface area (Å²) in [5.41, 5.74) is 5.03.